The van der Waals surface area contributed by atoms with Crippen LogP contribution in [0.3, 0.4) is 0 Å². The lowest BCUT2D eigenvalue weighted by Crippen LogP contribution is -2.15. The predicted molar refractivity (Wildman–Crippen MR) is 107 cm³/mol. The van der Waals surface area contributed by atoms with Crippen LogP contribution in [0.25, 0.3) is 10.6 Å². The molecule has 0 saturated heterocycles. The third-order valence-corrected chi connectivity index (χ3v) is 5.58. The van der Waals surface area contributed by atoms with Crippen LogP contribution in [-0.2, 0) is 6.42 Å². The van der Waals surface area contributed by atoms with E-state index in [1.165, 1.54) is 0 Å². The van der Waals surface area contributed by atoms with Gasteiger partial charge in [0.25, 0.3) is 0 Å². The number of nitrogens with two attached hydrogens (primary N) is 1. The summed E-state index contributed by atoms with van der Waals surface area (Å²) < 4.78 is 0. The molecule has 0 aliphatic carbocycles. The number of rotatable bonds is 4. The number of hydrogen-bond donors (Lipinski definition) is 1. The Labute approximate surface area is 160 Å². The minimum absolute atomic E-state index is 0.0390. The molecule has 0 amide bonds. The summed E-state index contributed by atoms with van der Waals surface area (Å²) in [4.78, 5) is 18.7. The quantitative estimate of drug-likeness (QED) is 0.732. The maximum atomic E-state index is 6.00. The first kappa shape index (κ1) is 16.9. The molecule has 0 spiro atoms. The second-order valence-electron chi connectivity index (χ2n) is 5.92. The van der Waals surface area contributed by atoms with Gasteiger partial charge in [0.05, 0.1) is 16.6 Å². The molecule has 3 aromatic rings. The van der Waals surface area contributed by atoms with Crippen LogP contribution in [-0.4, -0.2) is 22.1 Å². The molecule has 7 heteroatoms. The van der Waals surface area contributed by atoms with Crippen molar-refractivity contribution in [2.45, 2.75) is 18.9 Å². The third-order valence-electron chi connectivity index (χ3n) is 4.08. The molecule has 0 bridgehead atoms. The minimum Gasteiger partial charge on any atom is -0.368 e. The number of aliphatic imine (C=N–C) groups is 2. The Morgan fingerprint density at radius 1 is 1.12 bits per heavy atom. The summed E-state index contributed by atoms with van der Waals surface area (Å²) >= 11 is 7.66. The van der Waals surface area contributed by atoms with Gasteiger partial charge >= 0.3 is 0 Å². The van der Waals surface area contributed by atoms with Crippen LogP contribution < -0.4 is 5.73 Å². The fraction of sp³-hybridized carbons (Fsp3) is 0.158. The average Bonchev–Trinajstić information content (AvgIpc) is 3.08. The van der Waals surface area contributed by atoms with Crippen LogP contribution in [0.15, 0.2) is 58.8 Å². The van der Waals surface area contributed by atoms with Crippen molar-refractivity contribution in [3.63, 3.8) is 0 Å². The van der Waals surface area contributed by atoms with E-state index in [2.05, 4.69) is 15.0 Å². The fourth-order valence-electron chi connectivity index (χ4n) is 2.82. The molecule has 2 N–H and O–H groups in total. The number of aromatic nitrogens is 2. The van der Waals surface area contributed by atoms with E-state index in [0.29, 0.717) is 5.96 Å². The van der Waals surface area contributed by atoms with E-state index in [1.54, 1.807) is 23.7 Å². The summed E-state index contributed by atoms with van der Waals surface area (Å²) in [7, 11) is 0. The molecule has 4 rings (SSSR count). The number of guanidine groups is 1. The summed E-state index contributed by atoms with van der Waals surface area (Å²) in [6.07, 6.45) is 6.83. The lowest BCUT2D eigenvalue weighted by molar-refractivity contribution is 0.761. The first-order chi connectivity index (χ1) is 12.7. The van der Waals surface area contributed by atoms with Gasteiger partial charge in [0.1, 0.15) is 5.01 Å². The highest BCUT2D eigenvalue weighted by molar-refractivity contribution is 7.15. The Hall–Kier alpha value is -2.57. The lowest BCUT2D eigenvalue weighted by atomic mass is 10.1. The lowest BCUT2D eigenvalue weighted by Gasteiger charge is -2.13. The first-order valence-electron chi connectivity index (χ1n) is 8.19. The molecule has 0 saturated carbocycles. The molecule has 26 heavy (non-hydrogen) atoms. The van der Waals surface area contributed by atoms with Gasteiger partial charge in [-0.2, -0.15) is 0 Å². The van der Waals surface area contributed by atoms with Crippen LogP contribution >= 0.6 is 22.9 Å². The number of halogens is 1. The molecule has 0 fully saturated rings. The summed E-state index contributed by atoms with van der Waals surface area (Å²) in [6, 6.07) is 11.7. The molecule has 1 unspecified atom stereocenters. The Morgan fingerprint density at radius 3 is 2.62 bits per heavy atom. The van der Waals surface area contributed by atoms with Crippen LogP contribution in [0.5, 0.6) is 0 Å². The van der Waals surface area contributed by atoms with Crippen LogP contribution in [0.1, 0.15) is 28.6 Å². The molecule has 1 aliphatic rings. The number of benzene rings is 1. The van der Waals surface area contributed by atoms with Gasteiger partial charge in [-0.05, 0) is 29.8 Å². The maximum Gasteiger partial charge on any atom is 0.215 e. The highest BCUT2D eigenvalue weighted by Crippen LogP contribution is 2.36. The Morgan fingerprint density at radius 2 is 1.88 bits per heavy atom. The van der Waals surface area contributed by atoms with Gasteiger partial charge in [0, 0.05) is 42.0 Å². The number of nitrogens with zero attached hydrogens (tertiary/aromatic N) is 4. The second-order valence-corrected chi connectivity index (χ2v) is 7.39. The standard InChI is InChI=1S/C19H16ClN5S/c20-14-3-1-12(2-4-14)11-16-17(15-7-10-23-19(21)25-15)26-18(24-16)13-5-8-22-9-6-13/h1-6,8-10,15H,7,11H2,(H2,21,25). The summed E-state index contributed by atoms with van der Waals surface area (Å²) in [6.45, 7) is 0. The van der Waals surface area contributed by atoms with Crippen molar-refractivity contribution in [1.29, 1.82) is 0 Å². The van der Waals surface area contributed by atoms with Crippen molar-refractivity contribution in [3.8, 4) is 10.6 Å². The zero-order valence-corrected chi connectivity index (χ0v) is 15.4. The average molecular weight is 382 g/mol. The predicted octanol–water partition coefficient (Wildman–Crippen LogP) is 4.28. The second kappa shape index (κ2) is 7.35. The number of thiazole rings is 1. The third kappa shape index (κ3) is 3.66. The Bertz CT molecular complexity index is 963. The molecule has 130 valence electrons. The van der Waals surface area contributed by atoms with Gasteiger partial charge in [-0.1, -0.05) is 23.7 Å². The van der Waals surface area contributed by atoms with Gasteiger partial charge in [-0.3, -0.25) is 4.98 Å². The molecular weight excluding hydrogens is 366 g/mol. The zero-order chi connectivity index (χ0) is 17.9. The molecule has 3 heterocycles. The Balaban J connectivity index is 1.73. The van der Waals surface area contributed by atoms with Crippen molar-refractivity contribution in [3.05, 3.63) is 69.9 Å². The monoisotopic (exact) mass is 381 g/mol. The first-order valence-corrected chi connectivity index (χ1v) is 9.39. The number of pyridine rings is 1. The summed E-state index contributed by atoms with van der Waals surface area (Å²) in [5, 5.41) is 1.69. The minimum atomic E-state index is -0.0390. The molecule has 5 nitrogen and oxygen atoms in total. The van der Waals surface area contributed by atoms with Crippen molar-refractivity contribution in [2.75, 3.05) is 0 Å². The highest BCUT2D eigenvalue weighted by Gasteiger charge is 2.22. The maximum absolute atomic E-state index is 6.00. The van der Waals surface area contributed by atoms with Gasteiger partial charge in [-0.15, -0.1) is 11.3 Å². The van der Waals surface area contributed by atoms with E-state index >= 15 is 0 Å². The van der Waals surface area contributed by atoms with Gasteiger partial charge in [-0.25, -0.2) is 15.0 Å². The van der Waals surface area contributed by atoms with Crippen LogP contribution in [0.4, 0.5) is 0 Å². The largest absolute Gasteiger partial charge is 0.368 e. The van der Waals surface area contributed by atoms with Crippen LogP contribution in [0.2, 0.25) is 5.02 Å². The van der Waals surface area contributed by atoms with E-state index < -0.39 is 0 Å². The smallest absolute Gasteiger partial charge is 0.215 e. The SMILES string of the molecule is NC1=NC(c2sc(-c3ccncc3)nc2Cc2ccc(Cl)cc2)CC=N1. The van der Waals surface area contributed by atoms with Gasteiger partial charge in [0.2, 0.25) is 5.96 Å². The highest BCUT2D eigenvalue weighted by atomic mass is 35.5. The molecule has 1 atom stereocenters. The van der Waals surface area contributed by atoms with Crippen molar-refractivity contribution < 1.29 is 0 Å². The molecular formula is C19H16ClN5S. The van der Waals surface area contributed by atoms with Gasteiger partial charge < -0.3 is 5.73 Å². The van der Waals surface area contributed by atoms with Crippen LogP contribution in [0, 0.1) is 0 Å². The van der Waals surface area contributed by atoms with E-state index in [0.717, 1.165) is 44.6 Å². The molecule has 1 aliphatic heterocycles. The van der Waals surface area contributed by atoms with E-state index in [4.69, 9.17) is 22.3 Å². The molecule has 2 aromatic heterocycles. The summed E-state index contributed by atoms with van der Waals surface area (Å²) in [5.74, 6) is 0.317. The Kier molecular flexibility index (Phi) is 4.77. The van der Waals surface area contributed by atoms with Crippen molar-refractivity contribution in [1.82, 2.24) is 9.97 Å². The topological polar surface area (TPSA) is 76.5 Å². The molecule has 1 aromatic carbocycles. The van der Waals surface area contributed by atoms with E-state index in [9.17, 15) is 0 Å². The normalized spacial score (nSPS) is 16.5. The number of hydrogen-bond acceptors (Lipinski definition) is 6. The molecule has 0 radical (unpaired) electrons. The van der Waals surface area contributed by atoms with Crippen molar-refractivity contribution in [2.24, 2.45) is 15.7 Å². The van der Waals surface area contributed by atoms with Gasteiger partial charge in [0.15, 0.2) is 0 Å². The fourth-order valence-corrected chi connectivity index (χ4v) is 4.09. The van der Waals surface area contributed by atoms with E-state index in [1.807, 2.05) is 42.6 Å². The summed E-state index contributed by atoms with van der Waals surface area (Å²) in [5.41, 5.74) is 9.03. The zero-order valence-electron chi connectivity index (χ0n) is 13.8. The van der Waals surface area contributed by atoms with E-state index in [-0.39, 0.29) is 6.04 Å². The van der Waals surface area contributed by atoms with Crippen molar-refractivity contribution >= 4 is 35.1 Å².